The van der Waals surface area contributed by atoms with Crippen molar-refractivity contribution in [1.29, 1.82) is 0 Å². The first-order valence-electron chi connectivity index (χ1n) is 21.1. The Balaban J connectivity index is 0.000000136. The van der Waals surface area contributed by atoms with E-state index in [1.165, 1.54) is 37.0 Å². The maximum absolute atomic E-state index is 13.9. The third-order valence-corrected chi connectivity index (χ3v) is 12.3. The van der Waals surface area contributed by atoms with Crippen LogP contribution >= 0.6 is 11.6 Å². The molecule has 12 rings (SSSR count). The number of aliphatic hydroxyl groups is 1. The number of hydrogen-bond donors (Lipinski definition) is 3. The fourth-order valence-electron chi connectivity index (χ4n) is 8.10. The third-order valence-electron chi connectivity index (χ3n) is 12.0. The third kappa shape index (κ3) is 8.07. The molecular formula is C42H43ClF2N12O6. The largest absolute Gasteiger partial charge is 0.473 e. The highest BCUT2D eigenvalue weighted by Gasteiger charge is 2.28. The molecule has 2 saturated heterocycles. The molecule has 0 unspecified atom stereocenters. The summed E-state index contributed by atoms with van der Waals surface area (Å²) in [5.74, 6) is 0.0835. The van der Waals surface area contributed by atoms with E-state index >= 15 is 0 Å². The van der Waals surface area contributed by atoms with Gasteiger partial charge < -0.3 is 24.3 Å². The lowest BCUT2D eigenvalue weighted by Crippen LogP contribution is -2.27. The summed E-state index contributed by atoms with van der Waals surface area (Å²) in [7, 11) is 0. The Kier molecular flexibility index (Phi) is 11.2. The van der Waals surface area contributed by atoms with Gasteiger partial charge in [0.05, 0.1) is 28.2 Å². The number of nitrogens with zero attached hydrogens (tertiary/aromatic N) is 10. The maximum atomic E-state index is 13.9. The quantitative estimate of drug-likeness (QED) is 0.164. The maximum Gasteiger partial charge on any atom is 0.328 e. The Hall–Kier alpha value is -6.09. The van der Waals surface area contributed by atoms with Gasteiger partial charge in [0.2, 0.25) is 17.8 Å². The second kappa shape index (κ2) is 17.2. The predicted molar refractivity (Wildman–Crippen MR) is 227 cm³/mol. The fourth-order valence-corrected chi connectivity index (χ4v) is 8.31. The van der Waals surface area contributed by atoms with E-state index in [2.05, 4.69) is 34.9 Å². The number of ether oxygens (including phenoxy) is 3. The summed E-state index contributed by atoms with van der Waals surface area (Å²) in [5.41, 5.74) is 3.53. The van der Waals surface area contributed by atoms with Crippen LogP contribution < -0.4 is 16.1 Å². The van der Waals surface area contributed by atoms with Crippen LogP contribution in [0.3, 0.4) is 0 Å². The number of rotatable bonds is 6. The van der Waals surface area contributed by atoms with Crippen molar-refractivity contribution in [2.24, 2.45) is 0 Å². The van der Waals surface area contributed by atoms with Crippen LogP contribution in [0.4, 0.5) is 8.78 Å². The first kappa shape index (κ1) is 41.0. The standard InChI is InChI=1S/C21H21FN6O3.C17H14ClFN6O2.C4H8O/c22-12-4-5-15-16(10-12)27(11-23-15)20-25-18-17(19(26-20)31-14-2-1-3-14)24-21(29)28(18)13-6-8-30-9-7-13;18-14-13-15(25(17(26)21-13)10-3-5-27-6-4-10)23-16(22-14)24-8-20-11-2-1-9(19)7-12(11)24;5-4-2-1-3-4/h4-5,10-11,13-14H,1-3,6-9H2,(H,24,29);1-2,7-8,10H,3-6H2,(H,21,26);4-5H,1-3H2. The summed E-state index contributed by atoms with van der Waals surface area (Å²) < 4.78 is 51.0. The Morgan fingerprint density at radius 3 is 1.62 bits per heavy atom. The lowest BCUT2D eigenvalue weighted by molar-refractivity contribution is 0.0695. The SMILES string of the molecule is O=c1[nH]c2c(Cl)nc(-n3cnc4ccc(F)cc43)nc2n1C1CCOCC1.O=c1[nH]c2c(OC3CCC3)nc(-n3cnc4ccc(F)cc43)nc2n1C1CCOCC1.OC1CCC1. The molecule has 21 heteroatoms. The second-order valence-electron chi connectivity index (χ2n) is 16.1. The van der Waals surface area contributed by atoms with Crippen molar-refractivity contribution in [2.75, 3.05) is 26.4 Å². The summed E-state index contributed by atoms with van der Waals surface area (Å²) in [6.07, 6.45) is 12.4. The fraction of sp³-hybridized carbons (Fsp3) is 0.429. The molecule has 8 aromatic rings. The van der Waals surface area contributed by atoms with E-state index in [0.29, 0.717) is 89.5 Å². The van der Waals surface area contributed by atoms with Crippen molar-refractivity contribution in [3.8, 4) is 17.8 Å². The van der Waals surface area contributed by atoms with Gasteiger partial charge in [0.25, 0.3) is 0 Å². The van der Waals surface area contributed by atoms with Crippen LogP contribution in [0.1, 0.15) is 76.3 Å². The highest BCUT2D eigenvalue weighted by molar-refractivity contribution is 6.33. The summed E-state index contributed by atoms with van der Waals surface area (Å²) in [5, 5.41) is 8.57. The lowest BCUT2D eigenvalue weighted by atomic mass is 9.96. The smallest absolute Gasteiger partial charge is 0.328 e. The van der Waals surface area contributed by atoms with Crippen molar-refractivity contribution in [1.82, 2.24) is 58.1 Å². The molecule has 2 aromatic carbocycles. The highest BCUT2D eigenvalue weighted by atomic mass is 35.5. The summed E-state index contributed by atoms with van der Waals surface area (Å²) in [6.45, 7) is 2.36. The molecule has 0 amide bonds. The van der Waals surface area contributed by atoms with E-state index in [-0.39, 0.29) is 58.5 Å². The number of H-pyrrole nitrogens is 2. The number of halogens is 3. The molecule has 2 aliphatic heterocycles. The second-order valence-corrected chi connectivity index (χ2v) is 16.4. The number of aromatic amines is 2. The van der Waals surface area contributed by atoms with Crippen LogP contribution in [0, 0.1) is 11.6 Å². The first-order chi connectivity index (χ1) is 30.7. The van der Waals surface area contributed by atoms with Crippen molar-refractivity contribution < 1.29 is 28.1 Å². The van der Waals surface area contributed by atoms with Crippen molar-refractivity contribution in [2.45, 2.75) is 88.5 Å². The molecule has 4 aliphatic rings. The number of fused-ring (bicyclic) bond motifs is 4. The average Bonchev–Trinajstić information content (AvgIpc) is 4.04. The summed E-state index contributed by atoms with van der Waals surface area (Å²) in [4.78, 5) is 57.7. The van der Waals surface area contributed by atoms with E-state index in [9.17, 15) is 18.4 Å². The highest BCUT2D eigenvalue weighted by Crippen LogP contribution is 2.32. The Bertz CT molecular complexity index is 3070. The van der Waals surface area contributed by atoms with Gasteiger partial charge in [-0.2, -0.15) is 19.9 Å². The molecule has 4 fully saturated rings. The zero-order chi connectivity index (χ0) is 43.2. The zero-order valence-electron chi connectivity index (χ0n) is 33.9. The monoisotopic (exact) mass is 884 g/mol. The molecular weight excluding hydrogens is 842 g/mol. The lowest BCUT2D eigenvalue weighted by Gasteiger charge is -2.26. The van der Waals surface area contributed by atoms with Crippen LogP contribution in [-0.4, -0.2) is 102 Å². The first-order valence-corrected chi connectivity index (χ1v) is 21.5. The Labute approximate surface area is 360 Å². The van der Waals surface area contributed by atoms with E-state index in [1.807, 2.05) is 0 Å². The van der Waals surface area contributed by atoms with Gasteiger partial charge in [0, 0.05) is 50.6 Å². The summed E-state index contributed by atoms with van der Waals surface area (Å²) >= 11 is 6.32. The molecule has 63 heavy (non-hydrogen) atoms. The number of nitrogens with one attached hydrogen (secondary N) is 2. The Morgan fingerprint density at radius 2 is 1.14 bits per heavy atom. The predicted octanol–water partition coefficient (Wildman–Crippen LogP) is 6.01. The number of aliphatic hydroxyl groups excluding tert-OH is 1. The average molecular weight is 885 g/mol. The van der Waals surface area contributed by atoms with Crippen LogP contribution in [0.2, 0.25) is 5.15 Å². The molecule has 2 saturated carbocycles. The topological polar surface area (TPSA) is 211 Å². The van der Waals surface area contributed by atoms with Crippen LogP contribution in [-0.2, 0) is 9.47 Å². The van der Waals surface area contributed by atoms with Crippen molar-refractivity contribution in [3.05, 3.63) is 86.8 Å². The molecule has 0 radical (unpaired) electrons. The zero-order valence-corrected chi connectivity index (χ0v) is 34.7. The van der Waals surface area contributed by atoms with Gasteiger partial charge in [-0.3, -0.25) is 23.3 Å². The molecule has 8 heterocycles. The van der Waals surface area contributed by atoms with E-state index < -0.39 is 5.82 Å². The van der Waals surface area contributed by atoms with E-state index in [4.69, 9.17) is 35.9 Å². The molecule has 328 valence electrons. The van der Waals surface area contributed by atoms with Crippen molar-refractivity contribution in [3.63, 3.8) is 0 Å². The van der Waals surface area contributed by atoms with Crippen LogP contribution in [0.25, 0.3) is 56.3 Å². The minimum Gasteiger partial charge on any atom is -0.473 e. The van der Waals surface area contributed by atoms with Crippen molar-refractivity contribution >= 4 is 56.0 Å². The number of hydrogen-bond acceptors (Lipinski definition) is 12. The van der Waals surface area contributed by atoms with Gasteiger partial charge in [-0.25, -0.2) is 28.3 Å². The molecule has 0 bridgehead atoms. The van der Waals surface area contributed by atoms with Crippen LogP contribution in [0.5, 0.6) is 5.88 Å². The van der Waals surface area contributed by atoms with Crippen LogP contribution in [0.15, 0.2) is 58.6 Å². The van der Waals surface area contributed by atoms with Gasteiger partial charge >= 0.3 is 11.4 Å². The molecule has 6 aromatic heterocycles. The minimum absolute atomic E-state index is 0.0220. The van der Waals surface area contributed by atoms with Gasteiger partial charge in [0.1, 0.15) is 41.4 Å². The summed E-state index contributed by atoms with van der Waals surface area (Å²) in [6, 6.07) is 8.59. The van der Waals surface area contributed by atoms with Gasteiger partial charge in [-0.1, -0.05) is 11.6 Å². The molecule has 0 spiro atoms. The van der Waals surface area contributed by atoms with E-state index in [0.717, 1.165) is 44.9 Å². The van der Waals surface area contributed by atoms with Gasteiger partial charge in [-0.15, -0.1) is 0 Å². The van der Waals surface area contributed by atoms with Gasteiger partial charge in [-0.05, 0) is 88.5 Å². The molecule has 2 aliphatic carbocycles. The van der Waals surface area contributed by atoms with Gasteiger partial charge in [0.15, 0.2) is 16.4 Å². The number of imidazole rings is 4. The number of benzene rings is 2. The van der Waals surface area contributed by atoms with E-state index in [1.54, 1.807) is 36.7 Å². The number of aromatic nitrogens is 12. The normalized spacial score (nSPS) is 17.7. The molecule has 18 nitrogen and oxygen atoms in total. The molecule has 0 atom stereocenters. The Morgan fingerprint density at radius 1 is 0.667 bits per heavy atom. The minimum atomic E-state index is -0.391. The molecule has 3 N–H and O–H groups in total.